The minimum Gasteiger partial charge on any atom is -0.381 e. The van der Waals surface area contributed by atoms with Crippen LogP contribution in [0.1, 0.15) is 129 Å². The summed E-state index contributed by atoms with van der Waals surface area (Å²) >= 11 is 0. The molecule has 3 heterocycles. The third kappa shape index (κ3) is 9.14. The maximum absolute atomic E-state index is 14.5. The van der Waals surface area contributed by atoms with Crippen LogP contribution in [-0.2, 0) is 38.7 Å². The highest BCUT2D eigenvalue weighted by atomic mass is 32.2. The van der Waals surface area contributed by atoms with Crippen molar-refractivity contribution in [1.82, 2.24) is 14.5 Å². The number of carbonyl (C=O) groups excluding carboxylic acids is 5. The summed E-state index contributed by atoms with van der Waals surface area (Å²) in [6.45, 7) is 6.25. The van der Waals surface area contributed by atoms with Gasteiger partial charge in [0.15, 0.2) is 5.78 Å². The highest BCUT2D eigenvalue weighted by molar-refractivity contribution is 7.89. The van der Waals surface area contributed by atoms with Gasteiger partial charge in [0, 0.05) is 57.5 Å². The Hall–Kier alpha value is -2.18. The number of fused-ring (bicyclic) bond motifs is 3. The molecular weight excluding hydrogens is 671 g/mol. The highest BCUT2D eigenvalue weighted by Crippen LogP contribution is 2.65. The Labute approximate surface area is 304 Å². The number of hydrogen-bond acceptors (Lipinski definition) is 8. The first-order valence-electron chi connectivity index (χ1n) is 20.1. The van der Waals surface area contributed by atoms with E-state index in [1.807, 2.05) is 0 Å². The SMILES string of the molecule is CC1(C)[C@@H]2[C@H]3C(=O)C[C@H](C(=O)C(=O)NC4CC4)CCCCCCCOC[C@H](CC(=O)CC4(CS(=O)(=O)N5CCCC5)CCCCC4)C(=O)N3C[C@@H]21. The van der Waals surface area contributed by atoms with Crippen LogP contribution < -0.4 is 5.32 Å². The molecule has 0 radical (unpaired) electrons. The fraction of sp³-hybridized carbons (Fsp3) is 0.872. The Kier molecular flexibility index (Phi) is 12.1. The lowest BCUT2D eigenvalue weighted by atomic mass is 9.71. The second kappa shape index (κ2) is 16.0. The van der Waals surface area contributed by atoms with Crippen molar-refractivity contribution in [3.63, 3.8) is 0 Å². The number of hydrogen-bond donors (Lipinski definition) is 1. The molecule has 1 N–H and O–H groups in total. The van der Waals surface area contributed by atoms with E-state index in [2.05, 4.69) is 19.2 Å². The Bertz CT molecular complexity index is 1430. The molecule has 6 aliphatic rings. The van der Waals surface area contributed by atoms with E-state index in [1.54, 1.807) is 9.21 Å². The standard InChI is InChI=1S/C39H61N3O8S/c1-38(2)31-24-42-34(33(31)38)32(44)22-27(35(45)36(46)40-29-14-15-29)13-7-4-3-5-12-20-50-25-28(37(42)47)21-30(43)23-39(16-8-6-9-17-39)26-51(48,49)41-18-10-11-19-41/h27-29,31,33-34H,3-26H2,1-2H3,(H,40,46)/t27-,28+,31+,33+,34-/m1/s1. The first kappa shape index (κ1) is 38.5. The van der Waals surface area contributed by atoms with Gasteiger partial charge in [0.25, 0.3) is 5.91 Å². The lowest BCUT2D eigenvalue weighted by molar-refractivity contribution is -0.147. The van der Waals surface area contributed by atoms with Crippen LogP contribution in [0, 0.1) is 34.5 Å². The first-order chi connectivity index (χ1) is 24.3. The van der Waals surface area contributed by atoms with E-state index in [1.165, 1.54) is 0 Å². The lowest BCUT2D eigenvalue weighted by Crippen LogP contribution is -2.50. The molecule has 6 rings (SSSR count). The summed E-state index contributed by atoms with van der Waals surface area (Å²) in [6, 6.07) is -0.663. The first-order valence-corrected chi connectivity index (χ1v) is 21.7. The fourth-order valence-electron chi connectivity index (χ4n) is 9.93. The molecule has 3 saturated heterocycles. The maximum Gasteiger partial charge on any atom is 0.287 e. The van der Waals surface area contributed by atoms with E-state index in [-0.39, 0.29) is 72.4 Å². The van der Waals surface area contributed by atoms with Crippen LogP contribution in [0.5, 0.6) is 0 Å². The number of rotatable bonds is 10. The smallest absolute Gasteiger partial charge is 0.287 e. The van der Waals surface area contributed by atoms with Gasteiger partial charge in [0.05, 0.1) is 24.3 Å². The van der Waals surface area contributed by atoms with Crippen LogP contribution in [0.4, 0.5) is 0 Å². The largest absolute Gasteiger partial charge is 0.381 e. The van der Waals surface area contributed by atoms with Crippen molar-refractivity contribution in [1.29, 1.82) is 0 Å². The van der Waals surface area contributed by atoms with Crippen molar-refractivity contribution in [2.45, 2.75) is 142 Å². The Balaban J connectivity index is 1.20. The molecule has 2 amide bonds. The van der Waals surface area contributed by atoms with Crippen LogP contribution in [-0.4, -0.2) is 97.5 Å². The van der Waals surface area contributed by atoms with Gasteiger partial charge in [-0.15, -0.1) is 0 Å². The minimum absolute atomic E-state index is 0.0272. The van der Waals surface area contributed by atoms with Gasteiger partial charge in [-0.2, -0.15) is 0 Å². The van der Waals surface area contributed by atoms with Gasteiger partial charge >= 0.3 is 0 Å². The van der Waals surface area contributed by atoms with E-state index in [4.69, 9.17) is 4.74 Å². The van der Waals surface area contributed by atoms with E-state index in [0.29, 0.717) is 45.5 Å². The van der Waals surface area contributed by atoms with Gasteiger partial charge in [-0.25, -0.2) is 12.7 Å². The summed E-state index contributed by atoms with van der Waals surface area (Å²) in [5.41, 5.74) is -0.763. The van der Waals surface area contributed by atoms with Crippen LogP contribution in [0.15, 0.2) is 0 Å². The lowest BCUT2D eigenvalue weighted by Gasteiger charge is -2.38. The molecule has 3 aliphatic carbocycles. The predicted octanol–water partition coefficient (Wildman–Crippen LogP) is 4.60. The number of carbonyl (C=O) groups is 5. The zero-order valence-electron chi connectivity index (χ0n) is 31.0. The van der Waals surface area contributed by atoms with Crippen molar-refractivity contribution in [3.05, 3.63) is 0 Å². The molecular formula is C39H61N3O8S. The van der Waals surface area contributed by atoms with Crippen molar-refractivity contribution >= 4 is 39.2 Å². The van der Waals surface area contributed by atoms with E-state index in [0.717, 1.165) is 77.0 Å². The number of Topliss-reactive ketones (excluding diaryl/α,β-unsaturated/α-hetero) is 3. The van der Waals surface area contributed by atoms with Crippen LogP contribution in [0.25, 0.3) is 0 Å². The predicted molar refractivity (Wildman–Crippen MR) is 192 cm³/mol. The second-order valence-corrected chi connectivity index (χ2v) is 19.5. The molecule has 3 aliphatic heterocycles. The Morgan fingerprint density at radius 3 is 2.25 bits per heavy atom. The highest BCUT2D eigenvalue weighted by Gasteiger charge is 2.69. The van der Waals surface area contributed by atoms with E-state index >= 15 is 0 Å². The molecule has 12 heteroatoms. The molecule has 3 saturated carbocycles. The number of amides is 2. The number of nitrogens with zero attached hydrogens (tertiary/aromatic N) is 2. The Morgan fingerprint density at radius 1 is 0.882 bits per heavy atom. The average Bonchev–Trinajstić information content (AvgIpc) is 3.76. The molecule has 0 spiro atoms. The minimum atomic E-state index is -3.50. The van der Waals surface area contributed by atoms with Gasteiger partial charge in [-0.1, -0.05) is 58.8 Å². The molecule has 0 unspecified atom stereocenters. The van der Waals surface area contributed by atoms with Crippen molar-refractivity contribution in [2.24, 2.45) is 34.5 Å². The Morgan fingerprint density at radius 2 is 1.55 bits per heavy atom. The molecule has 0 aromatic rings. The summed E-state index contributed by atoms with van der Waals surface area (Å²) in [6.07, 6.45) is 12.4. The van der Waals surface area contributed by atoms with Gasteiger partial charge in [0.2, 0.25) is 21.7 Å². The molecule has 286 valence electrons. The van der Waals surface area contributed by atoms with Crippen LogP contribution >= 0.6 is 0 Å². The van der Waals surface area contributed by atoms with Crippen molar-refractivity contribution in [2.75, 3.05) is 38.6 Å². The number of sulfonamides is 1. The van der Waals surface area contributed by atoms with E-state index in [9.17, 15) is 32.4 Å². The van der Waals surface area contributed by atoms with Gasteiger partial charge in [0.1, 0.15) is 5.78 Å². The number of ether oxygens (including phenoxy) is 1. The topological polar surface area (TPSA) is 147 Å². The van der Waals surface area contributed by atoms with Crippen LogP contribution in [0.2, 0.25) is 0 Å². The molecule has 51 heavy (non-hydrogen) atoms. The van der Waals surface area contributed by atoms with Crippen molar-refractivity contribution < 1.29 is 37.1 Å². The number of nitrogens with one attached hydrogen (secondary N) is 1. The molecule has 0 aromatic heterocycles. The summed E-state index contributed by atoms with van der Waals surface area (Å²) in [4.78, 5) is 70.7. The summed E-state index contributed by atoms with van der Waals surface area (Å²) < 4.78 is 34.7. The zero-order valence-corrected chi connectivity index (χ0v) is 31.8. The third-order valence-electron chi connectivity index (χ3n) is 13.2. The number of ketones is 3. The van der Waals surface area contributed by atoms with Gasteiger partial charge in [-0.3, -0.25) is 24.0 Å². The van der Waals surface area contributed by atoms with Crippen molar-refractivity contribution in [3.8, 4) is 0 Å². The fourth-order valence-corrected chi connectivity index (χ4v) is 12.1. The molecule has 0 bridgehead atoms. The second-order valence-electron chi connectivity index (χ2n) is 17.5. The van der Waals surface area contributed by atoms with Gasteiger partial charge < -0.3 is 15.0 Å². The molecule has 11 nitrogen and oxygen atoms in total. The number of piperidine rings is 1. The van der Waals surface area contributed by atoms with Crippen LogP contribution in [0.3, 0.4) is 0 Å². The maximum atomic E-state index is 14.5. The summed E-state index contributed by atoms with van der Waals surface area (Å²) in [5, 5.41) is 2.81. The average molecular weight is 732 g/mol. The third-order valence-corrected chi connectivity index (χ3v) is 15.3. The normalized spacial score (nSPS) is 32.2. The molecule has 6 fully saturated rings. The quantitative estimate of drug-likeness (QED) is 0.321. The summed E-state index contributed by atoms with van der Waals surface area (Å²) in [7, 11) is -3.50. The van der Waals surface area contributed by atoms with E-state index < -0.39 is 45.0 Å². The molecule has 5 atom stereocenters. The molecule has 0 aromatic carbocycles. The monoisotopic (exact) mass is 731 g/mol. The summed E-state index contributed by atoms with van der Waals surface area (Å²) in [5.74, 6) is -3.12. The van der Waals surface area contributed by atoms with Gasteiger partial charge in [-0.05, 0) is 74.0 Å². The zero-order chi connectivity index (χ0) is 36.4.